The zero-order chi connectivity index (χ0) is 29.8. The van der Waals surface area contributed by atoms with Gasteiger partial charge in [-0.1, -0.05) is 66.2 Å². The molecule has 0 amide bonds. The van der Waals surface area contributed by atoms with Crippen LogP contribution in [0.1, 0.15) is 37.3 Å². The SMILES string of the molecule is O=C(OCC1OC(n2nc3ccnc(Cl)c3n2)C(OC(=O)c2ccccc2)C1OC(=O)c1ccccc1)c1ccccc1. The smallest absolute Gasteiger partial charge is 0.338 e. The summed E-state index contributed by atoms with van der Waals surface area (Å²) in [5.41, 5.74) is 1.55. The van der Waals surface area contributed by atoms with Crippen LogP contribution in [-0.4, -0.2) is 62.8 Å². The fraction of sp³-hybridized carbons (Fsp3) is 0.161. The lowest BCUT2D eigenvalue weighted by Crippen LogP contribution is -2.41. The highest BCUT2D eigenvalue weighted by molar-refractivity contribution is 6.33. The number of nitrogens with zero attached hydrogens (tertiary/aromatic N) is 4. The van der Waals surface area contributed by atoms with Gasteiger partial charge in [-0.2, -0.15) is 5.10 Å². The molecular weight excluding hydrogens is 576 g/mol. The van der Waals surface area contributed by atoms with E-state index in [-0.39, 0.29) is 28.4 Å². The van der Waals surface area contributed by atoms with Crippen molar-refractivity contribution in [2.45, 2.75) is 24.5 Å². The average Bonchev–Trinajstić information content (AvgIpc) is 3.63. The van der Waals surface area contributed by atoms with Crippen molar-refractivity contribution in [3.8, 4) is 0 Å². The maximum atomic E-state index is 13.3. The van der Waals surface area contributed by atoms with E-state index in [0.29, 0.717) is 11.1 Å². The van der Waals surface area contributed by atoms with Crippen LogP contribution in [0.15, 0.2) is 103 Å². The molecule has 1 fully saturated rings. The maximum absolute atomic E-state index is 13.3. The third-order valence-electron chi connectivity index (χ3n) is 6.68. The summed E-state index contributed by atoms with van der Waals surface area (Å²) >= 11 is 6.23. The number of esters is 3. The van der Waals surface area contributed by atoms with Crippen molar-refractivity contribution in [1.82, 2.24) is 20.0 Å². The number of carbonyl (C=O) groups excluding carboxylic acids is 3. The highest BCUT2D eigenvalue weighted by Gasteiger charge is 2.52. The Morgan fingerprint density at radius 2 is 1.26 bits per heavy atom. The predicted octanol–water partition coefficient (Wildman–Crippen LogP) is 4.69. The van der Waals surface area contributed by atoms with Crippen LogP contribution in [0.5, 0.6) is 0 Å². The number of pyridine rings is 1. The largest absolute Gasteiger partial charge is 0.459 e. The number of rotatable bonds is 8. The summed E-state index contributed by atoms with van der Waals surface area (Å²) in [6.07, 6.45) is -3.26. The number of benzene rings is 3. The molecule has 6 rings (SSSR count). The van der Waals surface area contributed by atoms with E-state index in [4.69, 9.17) is 30.5 Å². The third kappa shape index (κ3) is 6.08. The summed E-state index contributed by atoms with van der Waals surface area (Å²) in [6.45, 7) is -0.334. The minimum Gasteiger partial charge on any atom is -0.459 e. The summed E-state index contributed by atoms with van der Waals surface area (Å²) in [5.74, 6) is -2.00. The molecule has 1 aliphatic heterocycles. The van der Waals surface area contributed by atoms with E-state index in [1.807, 2.05) is 0 Å². The molecule has 0 radical (unpaired) electrons. The monoisotopic (exact) mass is 598 g/mol. The summed E-state index contributed by atoms with van der Waals surface area (Å²) in [6, 6.07) is 26.6. The molecule has 11 nitrogen and oxygen atoms in total. The van der Waals surface area contributed by atoms with Crippen molar-refractivity contribution in [3.63, 3.8) is 0 Å². The van der Waals surface area contributed by atoms with Crippen molar-refractivity contribution in [1.29, 1.82) is 0 Å². The first-order valence-corrected chi connectivity index (χ1v) is 13.6. The number of aromatic nitrogens is 4. The molecule has 12 heteroatoms. The topological polar surface area (TPSA) is 132 Å². The molecule has 0 aliphatic carbocycles. The lowest BCUT2D eigenvalue weighted by molar-refractivity contribution is -0.0727. The Morgan fingerprint density at radius 1 is 0.721 bits per heavy atom. The van der Waals surface area contributed by atoms with E-state index >= 15 is 0 Å². The third-order valence-corrected chi connectivity index (χ3v) is 6.95. The quantitative estimate of drug-likeness (QED) is 0.141. The van der Waals surface area contributed by atoms with Crippen molar-refractivity contribution >= 4 is 40.5 Å². The number of hydrogen-bond donors (Lipinski definition) is 0. The van der Waals surface area contributed by atoms with Crippen LogP contribution in [-0.2, 0) is 18.9 Å². The van der Waals surface area contributed by atoms with Crippen LogP contribution in [0, 0.1) is 0 Å². The second-order valence-corrected chi connectivity index (χ2v) is 9.85. The number of carbonyl (C=O) groups is 3. The molecule has 0 N–H and O–H groups in total. The predicted molar refractivity (Wildman–Crippen MR) is 152 cm³/mol. The van der Waals surface area contributed by atoms with Gasteiger partial charge in [-0.05, 0) is 42.5 Å². The molecule has 0 saturated carbocycles. The summed E-state index contributed by atoms with van der Waals surface area (Å²) in [5, 5.41) is 8.98. The molecule has 43 heavy (non-hydrogen) atoms. The van der Waals surface area contributed by atoms with Crippen molar-refractivity contribution in [2.24, 2.45) is 0 Å². The molecular formula is C31H23ClN4O7. The zero-order valence-electron chi connectivity index (χ0n) is 22.4. The first-order valence-electron chi connectivity index (χ1n) is 13.2. The van der Waals surface area contributed by atoms with Gasteiger partial charge in [0.05, 0.1) is 16.7 Å². The van der Waals surface area contributed by atoms with E-state index in [1.54, 1.807) is 97.1 Å². The van der Waals surface area contributed by atoms with Crippen LogP contribution in [0.25, 0.3) is 11.0 Å². The van der Waals surface area contributed by atoms with Crippen LogP contribution in [0.2, 0.25) is 5.15 Å². The highest BCUT2D eigenvalue weighted by Crippen LogP contribution is 2.35. The second kappa shape index (κ2) is 12.4. The van der Waals surface area contributed by atoms with E-state index in [9.17, 15) is 14.4 Å². The number of hydrogen-bond acceptors (Lipinski definition) is 10. The normalized spacial score (nSPS) is 19.6. The minimum atomic E-state index is -1.26. The molecule has 2 aromatic heterocycles. The van der Waals surface area contributed by atoms with Gasteiger partial charge in [0.1, 0.15) is 18.2 Å². The molecule has 4 atom stereocenters. The Kier molecular flexibility index (Phi) is 8.07. The van der Waals surface area contributed by atoms with Gasteiger partial charge in [0.15, 0.2) is 22.9 Å². The van der Waals surface area contributed by atoms with Crippen molar-refractivity contribution < 1.29 is 33.3 Å². The Bertz CT molecular complexity index is 1750. The van der Waals surface area contributed by atoms with Crippen molar-refractivity contribution in [3.05, 3.63) is 125 Å². The van der Waals surface area contributed by atoms with Gasteiger partial charge in [0.2, 0.25) is 6.23 Å². The van der Waals surface area contributed by atoms with E-state index in [2.05, 4.69) is 15.2 Å². The summed E-state index contributed by atoms with van der Waals surface area (Å²) < 4.78 is 23.6. The molecule has 1 saturated heterocycles. The lowest BCUT2D eigenvalue weighted by atomic mass is 10.1. The molecule has 0 bridgehead atoms. The molecule has 5 aromatic rings. The fourth-order valence-electron chi connectivity index (χ4n) is 4.58. The summed E-state index contributed by atoms with van der Waals surface area (Å²) in [7, 11) is 0. The van der Waals surface area contributed by atoms with Gasteiger partial charge in [0.25, 0.3) is 0 Å². The second-order valence-electron chi connectivity index (χ2n) is 9.49. The average molecular weight is 599 g/mol. The Labute approximate surface area is 249 Å². The van der Waals surface area contributed by atoms with Crippen LogP contribution in [0.3, 0.4) is 0 Å². The standard InChI is InChI=1S/C31H23ClN4O7/c32-27-24-22(16-17-33-27)34-36(35-24)28-26(43-31(39)21-14-8-3-9-15-21)25(42-30(38)20-12-6-2-7-13-20)23(41-28)18-40-29(37)19-10-4-1-5-11-19/h1-17,23,25-26,28H,18H2. The van der Waals surface area contributed by atoms with Gasteiger partial charge in [0, 0.05) is 6.20 Å². The Morgan fingerprint density at radius 3 is 1.81 bits per heavy atom. The van der Waals surface area contributed by atoms with Crippen molar-refractivity contribution in [2.75, 3.05) is 6.61 Å². The van der Waals surface area contributed by atoms with Gasteiger partial charge >= 0.3 is 17.9 Å². The lowest BCUT2D eigenvalue weighted by Gasteiger charge is -2.24. The highest BCUT2D eigenvalue weighted by atomic mass is 35.5. The molecule has 4 unspecified atom stereocenters. The fourth-order valence-corrected chi connectivity index (χ4v) is 4.78. The first kappa shape index (κ1) is 28.0. The van der Waals surface area contributed by atoms with E-state index in [0.717, 1.165) is 0 Å². The van der Waals surface area contributed by atoms with Gasteiger partial charge in [-0.25, -0.2) is 19.4 Å². The Hall–Kier alpha value is -5.13. The minimum absolute atomic E-state index is 0.111. The maximum Gasteiger partial charge on any atom is 0.338 e. The van der Waals surface area contributed by atoms with Crippen LogP contribution in [0.4, 0.5) is 0 Å². The van der Waals surface area contributed by atoms with Gasteiger partial charge < -0.3 is 18.9 Å². The van der Waals surface area contributed by atoms with Gasteiger partial charge in [-0.15, -0.1) is 9.90 Å². The molecule has 0 spiro atoms. The van der Waals surface area contributed by atoms with Crippen LogP contribution >= 0.6 is 11.6 Å². The molecule has 3 aromatic carbocycles. The Balaban J connectivity index is 1.36. The van der Waals surface area contributed by atoms with E-state index < -0.39 is 42.4 Å². The van der Waals surface area contributed by atoms with Gasteiger partial charge in [-0.3, -0.25) is 0 Å². The molecule has 1 aliphatic rings. The number of ether oxygens (including phenoxy) is 4. The summed E-state index contributed by atoms with van der Waals surface area (Å²) in [4.78, 5) is 44.5. The zero-order valence-corrected chi connectivity index (χ0v) is 23.1. The van der Waals surface area contributed by atoms with Crippen LogP contribution < -0.4 is 0 Å². The molecule has 3 heterocycles. The first-order chi connectivity index (χ1) is 21.0. The van der Waals surface area contributed by atoms with E-state index in [1.165, 1.54) is 11.0 Å². The molecule has 216 valence electrons. The number of fused-ring (bicyclic) bond motifs is 1. The number of halogens is 1.